The van der Waals surface area contributed by atoms with Crippen LogP contribution in [-0.4, -0.2) is 46.1 Å². The van der Waals surface area contributed by atoms with E-state index in [4.69, 9.17) is 9.94 Å². The Hall–Kier alpha value is -1.89. The van der Waals surface area contributed by atoms with E-state index in [0.717, 1.165) is 44.2 Å². The Kier molecular flexibility index (Phi) is 5.93. The van der Waals surface area contributed by atoms with Crippen molar-refractivity contribution in [3.63, 3.8) is 0 Å². The molecule has 178 valence electrons. The minimum Gasteiger partial charge on any atom is -0.480 e. The van der Waals surface area contributed by atoms with Crippen LogP contribution in [0, 0.1) is 28.6 Å². The van der Waals surface area contributed by atoms with Crippen molar-refractivity contribution in [3.8, 4) is 0 Å². The lowest BCUT2D eigenvalue weighted by Gasteiger charge is -2.59. The molecule has 4 aliphatic rings. The number of nitrogens with one attached hydrogen (secondary N) is 1. The topological polar surface area (TPSA) is 108 Å². The fourth-order valence-electron chi connectivity index (χ4n) is 7.41. The van der Waals surface area contributed by atoms with E-state index < -0.39 is 23.5 Å². The highest BCUT2D eigenvalue weighted by molar-refractivity contribution is 5.96. The number of fused-ring (bicyclic) bond motifs is 5. The average Bonchev–Trinajstić information content (AvgIpc) is 2.97. The molecule has 3 unspecified atom stereocenters. The van der Waals surface area contributed by atoms with E-state index in [1.54, 1.807) is 0 Å². The van der Waals surface area contributed by atoms with Crippen molar-refractivity contribution in [1.82, 2.24) is 5.32 Å². The van der Waals surface area contributed by atoms with Gasteiger partial charge in [-0.25, -0.2) is 0 Å². The molecule has 7 heteroatoms. The number of hydrogen-bond donors (Lipinski definition) is 3. The smallest absolute Gasteiger partial charge is 0.325 e. The first kappa shape index (κ1) is 23.3. The van der Waals surface area contributed by atoms with E-state index in [0.29, 0.717) is 17.8 Å². The van der Waals surface area contributed by atoms with Gasteiger partial charge in [-0.1, -0.05) is 24.6 Å². The van der Waals surface area contributed by atoms with E-state index in [2.05, 4.69) is 37.3 Å². The molecule has 0 aromatic carbocycles. The van der Waals surface area contributed by atoms with Gasteiger partial charge in [-0.3, -0.25) is 9.59 Å². The SMILES string of the molecule is CC(NC(=O)CO/N=C1/C=C2CC[C@@H]3C(CC[C@@]4(C)C3CC[C@]4(C)O)[C@@]2(C)CC1)C(=O)O. The highest BCUT2D eigenvalue weighted by atomic mass is 16.6. The molecule has 0 heterocycles. The Morgan fingerprint density at radius 1 is 1.16 bits per heavy atom. The first-order chi connectivity index (χ1) is 15.0. The van der Waals surface area contributed by atoms with Gasteiger partial charge in [0.05, 0.1) is 11.3 Å². The van der Waals surface area contributed by atoms with Crippen LogP contribution in [-0.2, 0) is 14.4 Å². The number of rotatable bonds is 5. The molecule has 0 aromatic rings. The fraction of sp³-hybridized carbons (Fsp3) is 0.800. The summed E-state index contributed by atoms with van der Waals surface area (Å²) in [6.07, 6.45) is 10.6. The number of carbonyl (C=O) groups excluding carboxylic acids is 1. The normalized spacial score (nSPS) is 42.8. The Morgan fingerprint density at radius 3 is 2.59 bits per heavy atom. The van der Waals surface area contributed by atoms with Crippen LogP contribution in [0.3, 0.4) is 0 Å². The molecule has 4 rings (SSSR count). The first-order valence-electron chi connectivity index (χ1n) is 12.1. The lowest BCUT2D eigenvalue weighted by molar-refractivity contribution is -0.142. The van der Waals surface area contributed by atoms with Gasteiger partial charge in [0.1, 0.15) is 6.04 Å². The summed E-state index contributed by atoms with van der Waals surface area (Å²) in [6, 6.07) is -0.952. The minimum absolute atomic E-state index is 0.0412. The molecular weight excluding hydrogens is 408 g/mol. The predicted octanol–water partition coefficient (Wildman–Crippen LogP) is 3.66. The van der Waals surface area contributed by atoms with E-state index in [-0.39, 0.29) is 17.4 Å². The molecule has 3 fully saturated rings. The zero-order valence-electron chi connectivity index (χ0n) is 19.8. The maximum Gasteiger partial charge on any atom is 0.325 e. The Bertz CT molecular complexity index is 849. The van der Waals surface area contributed by atoms with Crippen LogP contribution >= 0.6 is 0 Å². The van der Waals surface area contributed by atoms with Gasteiger partial charge in [-0.05, 0) is 99.9 Å². The molecule has 7 nitrogen and oxygen atoms in total. The maximum atomic E-state index is 11.8. The highest BCUT2D eigenvalue weighted by Gasteiger charge is 2.62. The van der Waals surface area contributed by atoms with Crippen LogP contribution in [0.25, 0.3) is 0 Å². The summed E-state index contributed by atoms with van der Waals surface area (Å²) in [6.45, 7) is 7.92. The van der Waals surface area contributed by atoms with Gasteiger partial charge in [0.15, 0.2) is 6.61 Å². The van der Waals surface area contributed by atoms with Crippen molar-refractivity contribution in [2.45, 2.75) is 90.7 Å². The Balaban J connectivity index is 1.42. The predicted molar refractivity (Wildman–Crippen MR) is 121 cm³/mol. The van der Waals surface area contributed by atoms with Gasteiger partial charge < -0.3 is 20.4 Å². The molecule has 0 aliphatic heterocycles. The van der Waals surface area contributed by atoms with Crippen molar-refractivity contribution in [3.05, 3.63) is 11.6 Å². The van der Waals surface area contributed by atoms with Crippen LogP contribution < -0.4 is 5.32 Å². The number of hydrogen-bond acceptors (Lipinski definition) is 5. The van der Waals surface area contributed by atoms with Gasteiger partial charge in [0, 0.05) is 0 Å². The molecule has 0 saturated heterocycles. The molecule has 0 spiro atoms. The number of carboxylic acid groups (broad SMARTS) is 1. The summed E-state index contributed by atoms with van der Waals surface area (Å²) in [5.41, 5.74) is 1.98. The second-order valence-electron chi connectivity index (χ2n) is 11.3. The number of nitrogens with zero attached hydrogens (tertiary/aromatic N) is 1. The third kappa shape index (κ3) is 3.76. The van der Waals surface area contributed by atoms with Gasteiger partial charge >= 0.3 is 5.97 Å². The van der Waals surface area contributed by atoms with Crippen LogP contribution in [0.2, 0.25) is 0 Å². The van der Waals surface area contributed by atoms with Gasteiger partial charge in [0.25, 0.3) is 5.91 Å². The molecule has 4 aliphatic carbocycles. The number of allylic oxidation sites excluding steroid dienone is 2. The van der Waals surface area contributed by atoms with E-state index in [1.807, 2.05) is 0 Å². The number of carboxylic acids is 1. The molecule has 7 atom stereocenters. The van der Waals surface area contributed by atoms with Crippen LogP contribution in [0.1, 0.15) is 79.1 Å². The summed E-state index contributed by atoms with van der Waals surface area (Å²) in [5, 5.41) is 26.5. The minimum atomic E-state index is -1.08. The van der Waals surface area contributed by atoms with Gasteiger partial charge in [-0.2, -0.15) is 0 Å². The molecule has 3 N–H and O–H groups in total. The zero-order chi connectivity index (χ0) is 23.3. The molecule has 1 amide bonds. The van der Waals surface area contributed by atoms with E-state index >= 15 is 0 Å². The summed E-state index contributed by atoms with van der Waals surface area (Å²) < 4.78 is 0. The van der Waals surface area contributed by atoms with Gasteiger partial charge in [0.2, 0.25) is 0 Å². The molecule has 0 aromatic heterocycles. The zero-order valence-corrected chi connectivity index (χ0v) is 19.8. The average molecular weight is 447 g/mol. The highest BCUT2D eigenvalue weighted by Crippen LogP contribution is 2.67. The summed E-state index contributed by atoms with van der Waals surface area (Å²) in [4.78, 5) is 27.9. The van der Waals surface area contributed by atoms with Crippen molar-refractivity contribution in [2.24, 2.45) is 33.7 Å². The van der Waals surface area contributed by atoms with Crippen molar-refractivity contribution in [2.75, 3.05) is 6.61 Å². The number of carbonyl (C=O) groups is 2. The maximum absolute atomic E-state index is 11.8. The lowest BCUT2D eigenvalue weighted by Crippen LogP contribution is -2.53. The van der Waals surface area contributed by atoms with Crippen molar-refractivity contribution < 1.29 is 24.6 Å². The second-order valence-corrected chi connectivity index (χ2v) is 11.3. The molecule has 0 radical (unpaired) electrons. The van der Waals surface area contributed by atoms with E-state index in [9.17, 15) is 14.7 Å². The number of aliphatic carboxylic acids is 1. The standard InChI is InChI=1S/C25H38N2O5/c1-15(22(29)30)26-21(28)14-32-27-17-7-10-23(2)16(13-17)5-6-18-19(23)8-11-24(3)20(18)9-12-25(24,4)31/h13,15,18-20,31H,5-12,14H2,1-4H3,(H,26,28)(H,29,30)/b27-17+/t15?,18-,19?,20?,23+,24+,25+/m1/s1. The van der Waals surface area contributed by atoms with E-state index in [1.165, 1.54) is 25.3 Å². The first-order valence-corrected chi connectivity index (χ1v) is 12.1. The number of aliphatic hydroxyl groups is 1. The molecule has 0 bridgehead atoms. The largest absolute Gasteiger partial charge is 0.480 e. The van der Waals surface area contributed by atoms with Crippen LogP contribution in [0.5, 0.6) is 0 Å². The Morgan fingerprint density at radius 2 is 1.88 bits per heavy atom. The van der Waals surface area contributed by atoms with Crippen molar-refractivity contribution in [1.29, 1.82) is 0 Å². The quantitative estimate of drug-likeness (QED) is 0.559. The monoisotopic (exact) mass is 446 g/mol. The van der Waals surface area contributed by atoms with Crippen molar-refractivity contribution >= 4 is 17.6 Å². The molecule has 32 heavy (non-hydrogen) atoms. The number of amides is 1. The molecular formula is C25H38N2O5. The third-order valence-electron chi connectivity index (χ3n) is 9.66. The lowest BCUT2D eigenvalue weighted by atomic mass is 9.46. The number of oxime groups is 1. The Labute approximate surface area is 190 Å². The second kappa shape index (κ2) is 8.15. The summed E-state index contributed by atoms with van der Waals surface area (Å²) in [7, 11) is 0. The van der Waals surface area contributed by atoms with Gasteiger partial charge in [-0.15, -0.1) is 0 Å². The third-order valence-corrected chi connectivity index (χ3v) is 9.66. The van der Waals surface area contributed by atoms with Crippen LogP contribution in [0.15, 0.2) is 16.8 Å². The molecule has 3 saturated carbocycles. The summed E-state index contributed by atoms with van der Waals surface area (Å²) >= 11 is 0. The van der Waals surface area contributed by atoms with Crippen LogP contribution in [0.4, 0.5) is 0 Å². The summed E-state index contributed by atoms with van der Waals surface area (Å²) in [5.74, 6) is 0.371. The fourth-order valence-corrected chi connectivity index (χ4v) is 7.41.